The number of aliphatic hydroxyl groups is 1. The Labute approximate surface area is 130 Å². The number of hydrogen-bond donors (Lipinski definition) is 4. The van der Waals surface area contributed by atoms with Crippen molar-refractivity contribution in [2.45, 2.75) is 58.7 Å². The quantitative estimate of drug-likeness (QED) is 0.541. The summed E-state index contributed by atoms with van der Waals surface area (Å²) in [4.78, 5) is 34.6. The third-order valence-electron chi connectivity index (χ3n) is 2.92. The van der Waals surface area contributed by atoms with Crippen LogP contribution in [0.4, 0.5) is 4.79 Å². The van der Waals surface area contributed by atoms with Crippen molar-refractivity contribution in [3.8, 4) is 0 Å². The lowest BCUT2D eigenvalue weighted by molar-refractivity contribution is -0.143. The molecule has 3 atom stereocenters. The minimum atomic E-state index is -1.37. The maximum atomic E-state index is 12.1. The summed E-state index contributed by atoms with van der Waals surface area (Å²) >= 11 is 0. The number of carboxylic acids is 1. The van der Waals surface area contributed by atoms with Gasteiger partial charge in [0.2, 0.25) is 5.91 Å². The van der Waals surface area contributed by atoms with Crippen molar-refractivity contribution in [2.24, 2.45) is 5.92 Å². The highest BCUT2D eigenvalue weighted by Crippen LogP contribution is 2.12. The van der Waals surface area contributed by atoms with Gasteiger partial charge in [0.25, 0.3) is 0 Å². The first kappa shape index (κ1) is 20.2. The third kappa shape index (κ3) is 7.26. The molecule has 0 saturated carbocycles. The Kier molecular flexibility index (Phi) is 7.86. The summed E-state index contributed by atoms with van der Waals surface area (Å²) in [6.07, 6.45) is -0.260. The van der Waals surface area contributed by atoms with Crippen molar-refractivity contribution in [3.63, 3.8) is 0 Å². The molecule has 0 fully saturated rings. The molecule has 8 nitrogen and oxygen atoms in total. The van der Waals surface area contributed by atoms with Gasteiger partial charge in [-0.3, -0.25) is 4.79 Å². The molecule has 0 aliphatic carbocycles. The van der Waals surface area contributed by atoms with Crippen LogP contribution >= 0.6 is 0 Å². The number of aliphatic hydroxyl groups excluding tert-OH is 1. The Morgan fingerprint density at radius 3 is 2.09 bits per heavy atom. The number of alkyl carbamates (subject to hydrolysis) is 1. The maximum Gasteiger partial charge on any atom is 0.407 e. The molecule has 0 spiro atoms. The van der Waals surface area contributed by atoms with E-state index in [0.717, 1.165) is 0 Å². The number of amides is 2. The van der Waals surface area contributed by atoms with Gasteiger partial charge >= 0.3 is 12.1 Å². The minimum Gasteiger partial charge on any atom is -0.480 e. The van der Waals surface area contributed by atoms with Crippen LogP contribution in [0.3, 0.4) is 0 Å². The summed E-state index contributed by atoms with van der Waals surface area (Å²) in [6.45, 7) is 7.84. The molecule has 0 rings (SSSR count). The lowest BCUT2D eigenvalue weighted by Gasteiger charge is -2.26. The topological polar surface area (TPSA) is 125 Å². The predicted molar refractivity (Wildman–Crippen MR) is 79.3 cm³/mol. The van der Waals surface area contributed by atoms with Crippen molar-refractivity contribution in [1.29, 1.82) is 0 Å². The largest absolute Gasteiger partial charge is 0.480 e. The van der Waals surface area contributed by atoms with Crippen LogP contribution < -0.4 is 10.6 Å². The molecule has 0 aromatic carbocycles. The van der Waals surface area contributed by atoms with Crippen LogP contribution in [0.2, 0.25) is 0 Å². The number of carbonyl (C=O) groups is 3. The van der Waals surface area contributed by atoms with E-state index in [9.17, 15) is 14.4 Å². The molecular formula is C14H26N2O6. The SMILES string of the molecule is CC[C@@H](C(=O)NC(CO)C(=O)O)[C@@H](C)NC(=O)OC(C)(C)C. The van der Waals surface area contributed by atoms with Crippen molar-refractivity contribution in [1.82, 2.24) is 10.6 Å². The van der Waals surface area contributed by atoms with E-state index >= 15 is 0 Å². The van der Waals surface area contributed by atoms with E-state index < -0.39 is 48.2 Å². The van der Waals surface area contributed by atoms with E-state index in [0.29, 0.717) is 6.42 Å². The monoisotopic (exact) mass is 318 g/mol. The number of carbonyl (C=O) groups excluding carboxylic acids is 2. The van der Waals surface area contributed by atoms with Gasteiger partial charge in [-0.15, -0.1) is 0 Å². The first-order valence-electron chi connectivity index (χ1n) is 7.15. The summed E-state index contributed by atoms with van der Waals surface area (Å²) in [5, 5.41) is 22.5. The molecule has 128 valence electrons. The molecule has 0 aliphatic rings. The molecule has 0 bridgehead atoms. The van der Waals surface area contributed by atoms with Crippen LogP contribution in [0.15, 0.2) is 0 Å². The summed E-state index contributed by atoms with van der Waals surface area (Å²) in [5.41, 5.74) is -0.654. The zero-order chi connectivity index (χ0) is 17.5. The van der Waals surface area contributed by atoms with Crippen molar-refractivity contribution in [3.05, 3.63) is 0 Å². The minimum absolute atomic E-state index is 0.389. The zero-order valence-corrected chi connectivity index (χ0v) is 13.7. The van der Waals surface area contributed by atoms with Gasteiger partial charge in [-0.2, -0.15) is 0 Å². The van der Waals surface area contributed by atoms with E-state index in [1.54, 1.807) is 34.6 Å². The Balaban J connectivity index is 4.70. The predicted octanol–water partition coefficient (Wildman–Crippen LogP) is 0.488. The molecule has 8 heteroatoms. The van der Waals surface area contributed by atoms with E-state index in [1.807, 2.05) is 0 Å². The maximum absolute atomic E-state index is 12.1. The summed E-state index contributed by atoms with van der Waals surface area (Å²) < 4.78 is 5.11. The molecular weight excluding hydrogens is 292 g/mol. The van der Waals surface area contributed by atoms with Crippen molar-refractivity contribution in [2.75, 3.05) is 6.61 Å². The second kappa shape index (κ2) is 8.57. The van der Waals surface area contributed by atoms with E-state index in [4.69, 9.17) is 14.9 Å². The molecule has 0 saturated heterocycles. The molecule has 4 N–H and O–H groups in total. The zero-order valence-electron chi connectivity index (χ0n) is 13.7. The highest BCUT2D eigenvalue weighted by molar-refractivity contribution is 5.85. The molecule has 0 heterocycles. The van der Waals surface area contributed by atoms with Gasteiger partial charge in [-0.1, -0.05) is 6.92 Å². The lowest BCUT2D eigenvalue weighted by Crippen LogP contribution is -2.51. The van der Waals surface area contributed by atoms with Crippen molar-refractivity contribution < 1.29 is 29.3 Å². The number of rotatable bonds is 7. The first-order valence-corrected chi connectivity index (χ1v) is 7.15. The van der Waals surface area contributed by atoms with E-state index in [-0.39, 0.29) is 0 Å². The van der Waals surface area contributed by atoms with Gasteiger partial charge in [0.1, 0.15) is 11.6 Å². The van der Waals surface area contributed by atoms with Crippen LogP contribution in [-0.4, -0.2) is 52.5 Å². The van der Waals surface area contributed by atoms with Crippen LogP contribution in [0.25, 0.3) is 0 Å². The molecule has 0 aliphatic heterocycles. The number of nitrogens with one attached hydrogen (secondary N) is 2. The number of aliphatic carboxylic acids is 1. The average Bonchev–Trinajstić information content (AvgIpc) is 2.33. The summed E-state index contributed by atoms with van der Waals surface area (Å²) in [7, 11) is 0. The van der Waals surface area contributed by atoms with Crippen LogP contribution in [-0.2, 0) is 14.3 Å². The number of ether oxygens (including phenoxy) is 1. The lowest BCUT2D eigenvalue weighted by atomic mass is 9.97. The second-order valence-corrected chi connectivity index (χ2v) is 6.03. The van der Waals surface area contributed by atoms with Crippen LogP contribution in [0.1, 0.15) is 41.0 Å². The Morgan fingerprint density at radius 1 is 1.18 bits per heavy atom. The van der Waals surface area contributed by atoms with Gasteiger partial charge in [-0.05, 0) is 34.1 Å². The average molecular weight is 318 g/mol. The fraction of sp³-hybridized carbons (Fsp3) is 0.786. The number of hydrogen-bond acceptors (Lipinski definition) is 5. The molecule has 0 radical (unpaired) electrons. The van der Waals surface area contributed by atoms with Gasteiger partial charge < -0.3 is 25.6 Å². The molecule has 22 heavy (non-hydrogen) atoms. The molecule has 2 amide bonds. The molecule has 0 aromatic rings. The Bertz CT molecular complexity index is 405. The number of carboxylic acid groups (broad SMARTS) is 1. The highest BCUT2D eigenvalue weighted by atomic mass is 16.6. The van der Waals surface area contributed by atoms with E-state index in [1.165, 1.54) is 0 Å². The summed E-state index contributed by atoms with van der Waals surface area (Å²) in [5.74, 6) is -2.51. The third-order valence-corrected chi connectivity index (χ3v) is 2.92. The van der Waals surface area contributed by atoms with Gasteiger partial charge in [0.05, 0.1) is 12.5 Å². The molecule has 1 unspecified atom stereocenters. The van der Waals surface area contributed by atoms with E-state index in [2.05, 4.69) is 10.6 Å². The normalized spacial score (nSPS) is 15.4. The Morgan fingerprint density at radius 2 is 1.73 bits per heavy atom. The van der Waals surface area contributed by atoms with Crippen LogP contribution in [0, 0.1) is 5.92 Å². The Hall–Kier alpha value is -1.83. The van der Waals surface area contributed by atoms with Crippen LogP contribution in [0.5, 0.6) is 0 Å². The second-order valence-electron chi connectivity index (χ2n) is 6.03. The van der Waals surface area contributed by atoms with Gasteiger partial charge in [0.15, 0.2) is 0 Å². The summed E-state index contributed by atoms with van der Waals surface area (Å²) in [6, 6.07) is -1.91. The first-order chi connectivity index (χ1) is 10.0. The van der Waals surface area contributed by atoms with Gasteiger partial charge in [0, 0.05) is 6.04 Å². The van der Waals surface area contributed by atoms with Gasteiger partial charge in [-0.25, -0.2) is 9.59 Å². The van der Waals surface area contributed by atoms with Crippen molar-refractivity contribution >= 4 is 18.0 Å². The fourth-order valence-corrected chi connectivity index (χ4v) is 1.82. The smallest absolute Gasteiger partial charge is 0.407 e. The fourth-order valence-electron chi connectivity index (χ4n) is 1.82. The standard InChI is InChI=1S/C14H26N2O6/c1-6-9(11(18)16-10(7-17)12(19)20)8(2)15-13(21)22-14(3,4)5/h8-10,17H,6-7H2,1-5H3,(H,15,21)(H,16,18)(H,19,20)/t8-,9-,10?/m1/s1. The molecule has 0 aromatic heterocycles. The highest BCUT2D eigenvalue weighted by Gasteiger charge is 2.29.